The molecule has 7 heteroatoms. The van der Waals surface area contributed by atoms with Gasteiger partial charge in [0.25, 0.3) is 0 Å². The van der Waals surface area contributed by atoms with Crippen LogP contribution in [-0.4, -0.2) is 12.7 Å². The molecule has 0 fully saturated rings. The van der Waals surface area contributed by atoms with Crippen LogP contribution in [0, 0.1) is 0 Å². The minimum atomic E-state index is -4.47. The molecule has 0 aromatic carbocycles. The van der Waals surface area contributed by atoms with Crippen LogP contribution in [0.25, 0.3) is 0 Å². The average Bonchev–Trinajstić information content (AvgIpc) is 1.59. The van der Waals surface area contributed by atoms with Crippen molar-refractivity contribution in [3.05, 3.63) is 0 Å². The molecule has 1 unspecified atom stereocenters. The van der Waals surface area contributed by atoms with Gasteiger partial charge in [0.2, 0.25) is 0 Å². The summed E-state index contributed by atoms with van der Waals surface area (Å²) in [5, 5.41) is 0. The first-order valence-corrected chi connectivity index (χ1v) is 3.88. The lowest BCUT2D eigenvalue weighted by atomic mass is 10.9. The molecule has 0 rings (SSSR count). The molecule has 10 heavy (non-hydrogen) atoms. The number of nitrogens with two attached hydrogens (primary N) is 1. The van der Waals surface area contributed by atoms with Gasteiger partial charge < -0.3 is 19.7 Å². The van der Waals surface area contributed by atoms with Crippen LogP contribution in [0.4, 0.5) is 4.79 Å². The molecule has 0 aromatic rings. The van der Waals surface area contributed by atoms with Gasteiger partial charge in [0, 0.05) is 0 Å². The Bertz CT molecular complexity index is 168. The predicted molar refractivity (Wildman–Crippen MR) is 29.9 cm³/mol. The third-order valence-electron chi connectivity index (χ3n) is 0.489. The highest BCUT2D eigenvalue weighted by Crippen LogP contribution is 2.37. The number of carbonyl (C=O) groups is 1. The van der Waals surface area contributed by atoms with Crippen LogP contribution in [0.1, 0.15) is 6.92 Å². The normalized spacial score (nSPS) is 15.8. The molecule has 0 spiro atoms. The maximum absolute atomic E-state index is 10.3. The zero-order valence-electron chi connectivity index (χ0n) is 5.27. The van der Waals surface area contributed by atoms with E-state index in [0.717, 1.165) is 0 Å². The van der Waals surface area contributed by atoms with Crippen LogP contribution >= 0.6 is 7.82 Å². The maximum atomic E-state index is 10.3. The standard InChI is InChI=1S/C3H8NO5P/c1-2-8-10(6,7)9-3(4)5/h2H2,1H3,(H2,4,5)(H,6,7)/p-1. The van der Waals surface area contributed by atoms with Crippen molar-refractivity contribution in [1.82, 2.24) is 0 Å². The van der Waals surface area contributed by atoms with Crippen LogP contribution in [0.15, 0.2) is 0 Å². The van der Waals surface area contributed by atoms with Gasteiger partial charge in [-0.05, 0) is 6.92 Å². The number of carbonyl (C=O) groups excluding carboxylic acids is 1. The molecule has 0 aliphatic carbocycles. The fourth-order valence-corrected chi connectivity index (χ4v) is 0.884. The van der Waals surface area contributed by atoms with Gasteiger partial charge in [0.15, 0.2) is 0 Å². The number of hydrogen-bond acceptors (Lipinski definition) is 5. The average molecular weight is 168 g/mol. The molecule has 0 aromatic heterocycles. The molecule has 0 radical (unpaired) electrons. The highest BCUT2D eigenvalue weighted by Gasteiger charge is 2.10. The molecule has 0 aliphatic heterocycles. The number of rotatable bonds is 3. The minimum absolute atomic E-state index is 0.0892. The molecular formula is C3H7NO5P-. The van der Waals surface area contributed by atoms with Crippen molar-refractivity contribution in [1.29, 1.82) is 0 Å². The molecule has 60 valence electrons. The lowest BCUT2D eigenvalue weighted by molar-refractivity contribution is -0.218. The van der Waals surface area contributed by atoms with Gasteiger partial charge in [0.1, 0.15) is 0 Å². The van der Waals surface area contributed by atoms with E-state index in [-0.39, 0.29) is 6.61 Å². The van der Waals surface area contributed by atoms with E-state index in [1.54, 1.807) is 0 Å². The van der Waals surface area contributed by atoms with E-state index < -0.39 is 13.9 Å². The van der Waals surface area contributed by atoms with Crippen molar-refractivity contribution in [2.24, 2.45) is 5.73 Å². The summed E-state index contributed by atoms with van der Waals surface area (Å²) < 4.78 is 17.9. The summed E-state index contributed by atoms with van der Waals surface area (Å²) in [6.07, 6.45) is -1.40. The summed E-state index contributed by atoms with van der Waals surface area (Å²) in [6.45, 7) is 1.35. The first-order valence-electron chi connectivity index (χ1n) is 2.42. The molecule has 1 amide bonds. The third kappa shape index (κ3) is 4.31. The van der Waals surface area contributed by atoms with Crippen LogP contribution in [0.3, 0.4) is 0 Å². The Balaban J connectivity index is 3.87. The van der Waals surface area contributed by atoms with Gasteiger partial charge in [-0.3, -0.25) is 4.57 Å². The molecular weight excluding hydrogens is 161 g/mol. The summed E-state index contributed by atoms with van der Waals surface area (Å²) in [6, 6.07) is 0. The summed E-state index contributed by atoms with van der Waals surface area (Å²) in [5.41, 5.74) is 4.40. The number of phosphoric acid groups is 1. The summed E-state index contributed by atoms with van der Waals surface area (Å²) in [7, 11) is -4.47. The largest absolute Gasteiger partial charge is 0.746 e. The maximum Gasteiger partial charge on any atom is 0.410 e. The van der Waals surface area contributed by atoms with Gasteiger partial charge in [-0.1, -0.05) is 0 Å². The molecule has 0 saturated heterocycles. The summed E-state index contributed by atoms with van der Waals surface area (Å²) in [5.74, 6) is 0. The summed E-state index contributed by atoms with van der Waals surface area (Å²) >= 11 is 0. The Labute approximate surface area is 57.5 Å². The van der Waals surface area contributed by atoms with Gasteiger partial charge in [-0.15, -0.1) is 0 Å². The second kappa shape index (κ2) is 3.55. The van der Waals surface area contributed by atoms with E-state index in [4.69, 9.17) is 0 Å². The zero-order valence-corrected chi connectivity index (χ0v) is 6.17. The molecule has 0 saturated carbocycles. The Morgan fingerprint density at radius 2 is 2.30 bits per heavy atom. The molecule has 0 aliphatic rings. The SMILES string of the molecule is CCOP(=O)([O-])OC(N)=O. The highest BCUT2D eigenvalue weighted by atomic mass is 31.2. The van der Waals surface area contributed by atoms with Crippen LogP contribution in [-0.2, 0) is 13.6 Å². The molecule has 2 N–H and O–H groups in total. The molecule has 6 nitrogen and oxygen atoms in total. The predicted octanol–water partition coefficient (Wildman–Crippen LogP) is -0.413. The smallest absolute Gasteiger partial charge is 0.410 e. The fourth-order valence-electron chi connectivity index (χ4n) is 0.295. The number of phosphoric ester groups is 1. The van der Waals surface area contributed by atoms with Crippen molar-refractivity contribution in [2.45, 2.75) is 6.92 Å². The van der Waals surface area contributed by atoms with E-state index >= 15 is 0 Å². The fraction of sp³-hybridized carbons (Fsp3) is 0.667. The van der Waals surface area contributed by atoms with Gasteiger partial charge >= 0.3 is 13.9 Å². The first kappa shape index (κ1) is 9.42. The second-order valence-corrected chi connectivity index (χ2v) is 2.61. The number of primary amides is 1. The van der Waals surface area contributed by atoms with Crippen molar-refractivity contribution < 1.29 is 23.3 Å². The lowest BCUT2D eigenvalue weighted by Gasteiger charge is -2.19. The highest BCUT2D eigenvalue weighted by molar-refractivity contribution is 7.46. The topological polar surface area (TPSA) is 102 Å². The molecule has 0 heterocycles. The van der Waals surface area contributed by atoms with E-state index in [9.17, 15) is 14.3 Å². The van der Waals surface area contributed by atoms with E-state index in [0.29, 0.717) is 0 Å². The van der Waals surface area contributed by atoms with Crippen LogP contribution in [0.5, 0.6) is 0 Å². The molecule has 0 bridgehead atoms. The number of amides is 1. The Hall–Kier alpha value is -0.580. The monoisotopic (exact) mass is 168 g/mol. The first-order chi connectivity index (χ1) is 4.48. The van der Waals surface area contributed by atoms with Gasteiger partial charge in [-0.25, -0.2) is 4.79 Å². The van der Waals surface area contributed by atoms with Crippen LogP contribution < -0.4 is 10.6 Å². The minimum Gasteiger partial charge on any atom is -0.746 e. The van der Waals surface area contributed by atoms with Crippen LogP contribution in [0.2, 0.25) is 0 Å². The number of hydrogen-bond donors (Lipinski definition) is 1. The third-order valence-corrected chi connectivity index (χ3v) is 1.47. The Morgan fingerprint density at radius 1 is 1.80 bits per heavy atom. The van der Waals surface area contributed by atoms with E-state index in [1.165, 1.54) is 6.92 Å². The van der Waals surface area contributed by atoms with E-state index in [1.807, 2.05) is 0 Å². The van der Waals surface area contributed by atoms with E-state index in [2.05, 4.69) is 14.8 Å². The Morgan fingerprint density at radius 3 is 2.60 bits per heavy atom. The second-order valence-electron chi connectivity index (χ2n) is 1.28. The molecule has 1 atom stereocenters. The van der Waals surface area contributed by atoms with Crippen molar-refractivity contribution in [2.75, 3.05) is 6.61 Å². The quantitative estimate of drug-likeness (QED) is 0.577. The lowest BCUT2D eigenvalue weighted by Crippen LogP contribution is -2.17. The van der Waals surface area contributed by atoms with Gasteiger partial charge in [0.05, 0.1) is 6.61 Å². The zero-order chi connectivity index (χ0) is 8.20. The van der Waals surface area contributed by atoms with Gasteiger partial charge in [-0.2, -0.15) is 0 Å². The van der Waals surface area contributed by atoms with Crippen molar-refractivity contribution in [3.63, 3.8) is 0 Å². The van der Waals surface area contributed by atoms with Crippen molar-refractivity contribution in [3.8, 4) is 0 Å². The Kier molecular flexibility index (Phi) is 3.35. The van der Waals surface area contributed by atoms with Crippen molar-refractivity contribution >= 4 is 13.9 Å². The summed E-state index contributed by atoms with van der Waals surface area (Å²) in [4.78, 5) is 20.2.